The average Bonchev–Trinajstić information content (AvgIpc) is 2.86. The van der Waals surface area contributed by atoms with Crippen LogP contribution in [0.1, 0.15) is 23.2 Å². The quantitative estimate of drug-likeness (QED) is 0.494. The summed E-state index contributed by atoms with van der Waals surface area (Å²) in [4.78, 5) is 27.4. The number of carbonyl (C=O) groups is 2. The molecule has 0 aliphatic carbocycles. The summed E-state index contributed by atoms with van der Waals surface area (Å²) in [6.07, 6.45) is 1.51. The molecule has 1 fully saturated rings. The van der Waals surface area contributed by atoms with E-state index in [1.54, 1.807) is 7.11 Å². The van der Waals surface area contributed by atoms with Crippen LogP contribution in [0.2, 0.25) is 0 Å². The highest BCUT2D eigenvalue weighted by molar-refractivity contribution is 5.98. The van der Waals surface area contributed by atoms with Crippen molar-refractivity contribution in [2.45, 2.75) is 12.8 Å². The van der Waals surface area contributed by atoms with Crippen molar-refractivity contribution in [3.8, 4) is 17.2 Å². The minimum atomic E-state index is -0.0633. The van der Waals surface area contributed by atoms with E-state index >= 15 is 0 Å². The molecule has 1 heterocycles. The fourth-order valence-electron chi connectivity index (χ4n) is 3.98. The van der Waals surface area contributed by atoms with E-state index in [1.165, 1.54) is 0 Å². The normalized spacial score (nSPS) is 14.5. The highest BCUT2D eigenvalue weighted by atomic mass is 16.5. The molecule has 0 saturated carbocycles. The zero-order chi connectivity index (χ0) is 23.0. The molecule has 0 atom stereocenters. The van der Waals surface area contributed by atoms with Crippen LogP contribution in [-0.2, 0) is 4.79 Å². The summed E-state index contributed by atoms with van der Waals surface area (Å²) in [5.74, 6) is 2.32. The van der Waals surface area contributed by atoms with Crippen LogP contribution < -0.4 is 14.8 Å². The monoisotopic (exact) mass is 444 g/mol. The van der Waals surface area contributed by atoms with Gasteiger partial charge >= 0.3 is 0 Å². The first-order chi connectivity index (χ1) is 16.1. The van der Waals surface area contributed by atoms with Crippen molar-refractivity contribution < 1.29 is 19.1 Å². The minimum absolute atomic E-state index is 0.00475. The molecule has 1 amide bonds. The number of ether oxygens (including phenoxy) is 2. The number of benzene rings is 3. The predicted molar refractivity (Wildman–Crippen MR) is 128 cm³/mol. The molecule has 3 aromatic rings. The number of nitrogens with zero attached hydrogens (tertiary/aromatic N) is 1. The maximum absolute atomic E-state index is 12.8. The number of nitrogens with one attached hydrogen (secondary N) is 1. The standard InChI is InChI=1S/C27H28N2O4/c1-32-23-11-7-20(8-12-23)27(31)21-15-17-29(18-16-21)19-26(30)28-22-9-13-25(14-10-22)33-24-5-3-2-4-6-24/h2-14,21H,15-19H2,1H3,(H,28,30). The Hall–Kier alpha value is -3.64. The highest BCUT2D eigenvalue weighted by Gasteiger charge is 2.26. The second-order valence-corrected chi connectivity index (χ2v) is 8.13. The van der Waals surface area contributed by atoms with E-state index in [0.29, 0.717) is 17.9 Å². The van der Waals surface area contributed by atoms with Gasteiger partial charge in [0.2, 0.25) is 5.91 Å². The van der Waals surface area contributed by atoms with Gasteiger partial charge in [-0.3, -0.25) is 14.5 Å². The average molecular weight is 445 g/mol. The third-order valence-electron chi connectivity index (χ3n) is 5.82. The van der Waals surface area contributed by atoms with Crippen molar-refractivity contribution in [1.29, 1.82) is 0 Å². The zero-order valence-electron chi connectivity index (χ0n) is 18.7. The van der Waals surface area contributed by atoms with Gasteiger partial charge in [-0.2, -0.15) is 0 Å². The van der Waals surface area contributed by atoms with Crippen molar-refractivity contribution in [2.75, 3.05) is 32.1 Å². The molecular weight excluding hydrogens is 416 g/mol. The lowest BCUT2D eigenvalue weighted by molar-refractivity contribution is -0.117. The number of carbonyl (C=O) groups excluding carboxylic acids is 2. The molecule has 1 N–H and O–H groups in total. The number of ketones is 1. The van der Waals surface area contributed by atoms with Crippen LogP contribution in [0.4, 0.5) is 5.69 Å². The third-order valence-corrected chi connectivity index (χ3v) is 5.82. The van der Waals surface area contributed by atoms with Crippen LogP contribution in [0.15, 0.2) is 78.9 Å². The van der Waals surface area contributed by atoms with Gasteiger partial charge in [0.1, 0.15) is 17.2 Å². The Morgan fingerprint density at radius 2 is 1.45 bits per heavy atom. The van der Waals surface area contributed by atoms with Crippen LogP contribution >= 0.6 is 0 Å². The number of rotatable bonds is 8. The molecule has 0 radical (unpaired) electrons. The maximum Gasteiger partial charge on any atom is 0.238 e. The number of amides is 1. The Kier molecular flexibility index (Phi) is 7.37. The summed E-state index contributed by atoms with van der Waals surface area (Å²) in [5, 5.41) is 2.94. The summed E-state index contributed by atoms with van der Waals surface area (Å²) in [7, 11) is 1.61. The van der Waals surface area contributed by atoms with Crippen molar-refractivity contribution >= 4 is 17.4 Å². The van der Waals surface area contributed by atoms with Gasteiger partial charge in [0, 0.05) is 17.2 Å². The van der Waals surface area contributed by atoms with Crippen LogP contribution in [-0.4, -0.2) is 43.3 Å². The van der Waals surface area contributed by atoms with E-state index in [4.69, 9.17) is 9.47 Å². The molecule has 0 bridgehead atoms. The number of hydrogen-bond acceptors (Lipinski definition) is 5. The molecule has 6 heteroatoms. The lowest BCUT2D eigenvalue weighted by atomic mass is 9.89. The van der Waals surface area contributed by atoms with E-state index in [0.717, 1.165) is 43.1 Å². The summed E-state index contributed by atoms with van der Waals surface area (Å²) in [5.41, 5.74) is 1.44. The van der Waals surface area contributed by atoms with Crippen molar-refractivity contribution in [1.82, 2.24) is 4.90 Å². The molecule has 0 aromatic heterocycles. The lowest BCUT2D eigenvalue weighted by Crippen LogP contribution is -2.40. The first-order valence-corrected chi connectivity index (χ1v) is 11.1. The Balaban J connectivity index is 1.22. The first-order valence-electron chi connectivity index (χ1n) is 11.1. The molecule has 0 spiro atoms. The van der Waals surface area contributed by atoms with Gasteiger partial charge in [0.15, 0.2) is 5.78 Å². The van der Waals surface area contributed by atoms with Crippen molar-refractivity contribution in [3.05, 3.63) is 84.4 Å². The molecule has 1 aliphatic heterocycles. The smallest absolute Gasteiger partial charge is 0.238 e. The fourth-order valence-corrected chi connectivity index (χ4v) is 3.98. The van der Waals surface area contributed by atoms with Gasteiger partial charge in [-0.15, -0.1) is 0 Å². The van der Waals surface area contributed by atoms with Gasteiger partial charge in [-0.05, 0) is 86.6 Å². The molecule has 1 saturated heterocycles. The van der Waals surface area contributed by atoms with Crippen molar-refractivity contribution in [2.24, 2.45) is 5.92 Å². The SMILES string of the molecule is COc1ccc(C(=O)C2CCN(CC(=O)Nc3ccc(Oc4ccccc4)cc3)CC2)cc1. The van der Waals surface area contributed by atoms with Gasteiger partial charge < -0.3 is 14.8 Å². The van der Waals surface area contributed by atoms with Gasteiger partial charge in [0.25, 0.3) is 0 Å². The number of likely N-dealkylation sites (tertiary alicyclic amines) is 1. The van der Waals surface area contributed by atoms with E-state index in [2.05, 4.69) is 10.2 Å². The number of piperidine rings is 1. The fraction of sp³-hybridized carbons (Fsp3) is 0.259. The van der Waals surface area contributed by atoms with Crippen LogP contribution in [0.25, 0.3) is 0 Å². The topological polar surface area (TPSA) is 67.9 Å². The van der Waals surface area contributed by atoms with E-state index in [-0.39, 0.29) is 17.6 Å². The Bertz CT molecular complexity index is 1060. The maximum atomic E-state index is 12.8. The third kappa shape index (κ3) is 6.20. The summed E-state index contributed by atoms with van der Waals surface area (Å²) in [6.45, 7) is 1.76. The summed E-state index contributed by atoms with van der Waals surface area (Å²) >= 11 is 0. The molecule has 4 rings (SSSR count). The lowest BCUT2D eigenvalue weighted by Gasteiger charge is -2.30. The number of methoxy groups -OCH3 is 1. The molecule has 3 aromatic carbocycles. The van der Waals surface area contributed by atoms with Gasteiger partial charge in [-0.1, -0.05) is 18.2 Å². The predicted octanol–water partition coefficient (Wildman–Crippen LogP) is 5.02. The Labute approximate surface area is 194 Å². The molecular formula is C27H28N2O4. The van der Waals surface area contributed by atoms with Gasteiger partial charge in [-0.25, -0.2) is 0 Å². The molecule has 6 nitrogen and oxygen atoms in total. The second kappa shape index (κ2) is 10.8. The van der Waals surface area contributed by atoms with Gasteiger partial charge in [0.05, 0.1) is 13.7 Å². The number of anilines is 1. The molecule has 33 heavy (non-hydrogen) atoms. The largest absolute Gasteiger partial charge is 0.497 e. The summed E-state index contributed by atoms with van der Waals surface area (Å²) in [6, 6.07) is 24.1. The second-order valence-electron chi connectivity index (χ2n) is 8.13. The first kappa shape index (κ1) is 22.6. The van der Waals surface area contributed by atoms with E-state index in [1.807, 2.05) is 78.9 Å². The molecule has 170 valence electrons. The van der Waals surface area contributed by atoms with E-state index in [9.17, 15) is 9.59 Å². The Morgan fingerprint density at radius 1 is 0.848 bits per heavy atom. The number of para-hydroxylation sites is 1. The van der Waals surface area contributed by atoms with Crippen LogP contribution in [0.3, 0.4) is 0 Å². The van der Waals surface area contributed by atoms with Crippen molar-refractivity contribution in [3.63, 3.8) is 0 Å². The highest BCUT2D eigenvalue weighted by Crippen LogP contribution is 2.24. The molecule has 1 aliphatic rings. The Morgan fingerprint density at radius 3 is 2.09 bits per heavy atom. The summed E-state index contributed by atoms with van der Waals surface area (Å²) < 4.78 is 10.9. The van der Waals surface area contributed by atoms with Crippen LogP contribution in [0.5, 0.6) is 17.2 Å². The number of Topliss-reactive ketones (excluding diaryl/α,β-unsaturated/α-hetero) is 1. The van der Waals surface area contributed by atoms with E-state index < -0.39 is 0 Å². The zero-order valence-corrected chi connectivity index (χ0v) is 18.7. The minimum Gasteiger partial charge on any atom is -0.497 e. The molecule has 0 unspecified atom stereocenters. The van der Waals surface area contributed by atoms with Crippen LogP contribution in [0, 0.1) is 5.92 Å². The number of hydrogen-bond donors (Lipinski definition) is 1.